The van der Waals surface area contributed by atoms with Gasteiger partial charge >= 0.3 is 0 Å². The summed E-state index contributed by atoms with van der Waals surface area (Å²) in [5.74, 6) is -0.213. The molecule has 0 bridgehead atoms. The molecule has 9 nitrogen and oxygen atoms in total. The highest BCUT2D eigenvalue weighted by Crippen LogP contribution is 2.22. The fourth-order valence-electron chi connectivity index (χ4n) is 5.34. The van der Waals surface area contributed by atoms with Crippen LogP contribution in [0.2, 0.25) is 0 Å². The Bertz CT molecular complexity index is 931. The molecule has 1 aliphatic heterocycles. The van der Waals surface area contributed by atoms with E-state index in [0.717, 1.165) is 70.6 Å². The molecule has 7 unspecified atom stereocenters. The maximum absolute atomic E-state index is 12.8. The van der Waals surface area contributed by atoms with Gasteiger partial charge < -0.3 is 40.3 Å². The molecule has 7 atom stereocenters. The highest BCUT2D eigenvalue weighted by atomic mass is 16.7. The van der Waals surface area contributed by atoms with Gasteiger partial charge in [-0.15, -0.1) is 0 Å². The number of nitrogens with one attached hydrogen (secondary N) is 1. The second kappa shape index (κ2) is 29.8. The van der Waals surface area contributed by atoms with Gasteiger partial charge in [-0.2, -0.15) is 0 Å². The number of allylic oxidation sites excluding steroid dienone is 9. The van der Waals surface area contributed by atoms with Crippen LogP contribution in [0.15, 0.2) is 60.8 Å². The van der Waals surface area contributed by atoms with Crippen LogP contribution in [-0.4, -0.2) is 87.5 Å². The predicted molar refractivity (Wildman–Crippen MR) is 193 cm³/mol. The van der Waals surface area contributed by atoms with E-state index < -0.39 is 49.5 Å². The number of aliphatic hydroxyl groups is 5. The number of amides is 1. The molecule has 9 heteroatoms. The third-order valence-electron chi connectivity index (χ3n) is 8.39. The van der Waals surface area contributed by atoms with Crippen molar-refractivity contribution in [2.45, 2.75) is 166 Å². The monoisotopic (exact) mass is 677 g/mol. The summed E-state index contributed by atoms with van der Waals surface area (Å²) in [5.41, 5.74) is 0. The molecule has 1 saturated heterocycles. The topological polar surface area (TPSA) is 149 Å². The molecular weight excluding hydrogens is 610 g/mol. The Labute approximate surface area is 290 Å². The maximum atomic E-state index is 12.8. The van der Waals surface area contributed by atoms with Gasteiger partial charge in [-0.1, -0.05) is 106 Å². The molecule has 1 fully saturated rings. The van der Waals surface area contributed by atoms with Gasteiger partial charge in [-0.3, -0.25) is 4.79 Å². The first kappa shape index (κ1) is 43.9. The average molecular weight is 678 g/mol. The Morgan fingerprint density at radius 3 is 1.98 bits per heavy atom. The summed E-state index contributed by atoms with van der Waals surface area (Å²) in [6.45, 7) is 3.45. The van der Waals surface area contributed by atoms with Crippen LogP contribution >= 0.6 is 0 Å². The normalized spacial score (nSPS) is 23.4. The SMILES string of the molecule is C/C=C/CC/C=C/CC/C=C/C(O)C(COC1OC(CO)C(O)C(O)C1O)NC(=O)CCCCCCC/C=C\C/C=C\CCCCCC. The quantitative estimate of drug-likeness (QED) is 0.0430. The minimum atomic E-state index is -1.58. The number of rotatable bonds is 28. The molecule has 0 aromatic rings. The first-order valence-electron chi connectivity index (χ1n) is 18.5. The zero-order valence-electron chi connectivity index (χ0n) is 29.7. The zero-order valence-corrected chi connectivity index (χ0v) is 29.7. The van der Waals surface area contributed by atoms with Gasteiger partial charge in [-0.05, 0) is 71.1 Å². The summed E-state index contributed by atoms with van der Waals surface area (Å²) in [6, 6.07) is -0.833. The lowest BCUT2D eigenvalue weighted by Crippen LogP contribution is -2.60. The molecule has 276 valence electrons. The third-order valence-corrected chi connectivity index (χ3v) is 8.39. The summed E-state index contributed by atoms with van der Waals surface area (Å²) in [4.78, 5) is 12.8. The van der Waals surface area contributed by atoms with Gasteiger partial charge in [0.05, 0.1) is 25.4 Å². The molecule has 0 aromatic heterocycles. The average Bonchev–Trinajstić information content (AvgIpc) is 3.08. The fraction of sp³-hybridized carbons (Fsp3) is 0.718. The Balaban J connectivity index is 2.47. The van der Waals surface area contributed by atoms with Crippen molar-refractivity contribution in [3.8, 4) is 0 Å². The molecule has 1 amide bonds. The first-order valence-corrected chi connectivity index (χ1v) is 18.5. The Morgan fingerprint density at radius 1 is 0.750 bits per heavy atom. The fourth-order valence-corrected chi connectivity index (χ4v) is 5.34. The van der Waals surface area contributed by atoms with E-state index in [-0.39, 0.29) is 12.5 Å². The lowest BCUT2D eigenvalue weighted by molar-refractivity contribution is -0.302. The van der Waals surface area contributed by atoms with Gasteiger partial charge in [0.15, 0.2) is 6.29 Å². The van der Waals surface area contributed by atoms with Gasteiger partial charge in [0.2, 0.25) is 5.91 Å². The van der Waals surface area contributed by atoms with E-state index in [4.69, 9.17) is 9.47 Å². The van der Waals surface area contributed by atoms with E-state index in [1.807, 2.05) is 19.1 Å². The van der Waals surface area contributed by atoms with Crippen molar-refractivity contribution in [1.82, 2.24) is 5.32 Å². The highest BCUT2D eigenvalue weighted by molar-refractivity contribution is 5.76. The van der Waals surface area contributed by atoms with Crippen molar-refractivity contribution < 1.29 is 39.8 Å². The van der Waals surface area contributed by atoms with E-state index in [1.165, 1.54) is 32.1 Å². The lowest BCUT2D eigenvalue weighted by atomic mass is 9.99. The molecule has 0 saturated carbocycles. The second-order valence-electron chi connectivity index (χ2n) is 12.7. The molecule has 0 spiro atoms. The summed E-state index contributed by atoms with van der Waals surface area (Å²) < 4.78 is 11.1. The van der Waals surface area contributed by atoms with Crippen LogP contribution in [-0.2, 0) is 14.3 Å². The predicted octanol–water partition coefficient (Wildman–Crippen LogP) is 6.10. The van der Waals surface area contributed by atoms with Crippen molar-refractivity contribution in [2.75, 3.05) is 13.2 Å². The highest BCUT2D eigenvalue weighted by Gasteiger charge is 2.44. The Hall–Kier alpha value is -2.11. The lowest BCUT2D eigenvalue weighted by Gasteiger charge is -2.40. The van der Waals surface area contributed by atoms with E-state index >= 15 is 0 Å². The van der Waals surface area contributed by atoms with Crippen LogP contribution in [0.5, 0.6) is 0 Å². The minimum Gasteiger partial charge on any atom is -0.394 e. The maximum Gasteiger partial charge on any atom is 0.220 e. The van der Waals surface area contributed by atoms with Gasteiger partial charge in [0, 0.05) is 6.42 Å². The number of carbonyl (C=O) groups excluding carboxylic acids is 1. The van der Waals surface area contributed by atoms with Crippen LogP contribution in [0, 0.1) is 0 Å². The number of hydrogen-bond acceptors (Lipinski definition) is 8. The molecule has 1 aliphatic rings. The van der Waals surface area contributed by atoms with Crippen LogP contribution in [0.4, 0.5) is 0 Å². The number of carbonyl (C=O) groups is 1. The summed E-state index contributed by atoms with van der Waals surface area (Å²) in [5, 5.41) is 53.7. The van der Waals surface area contributed by atoms with Gasteiger partial charge in [-0.25, -0.2) is 0 Å². The Morgan fingerprint density at radius 2 is 1.33 bits per heavy atom. The van der Waals surface area contributed by atoms with E-state index in [0.29, 0.717) is 6.42 Å². The Kier molecular flexibility index (Phi) is 27.2. The smallest absolute Gasteiger partial charge is 0.220 e. The summed E-state index contributed by atoms with van der Waals surface area (Å²) in [6.07, 6.45) is 30.0. The van der Waals surface area contributed by atoms with Crippen LogP contribution < -0.4 is 5.32 Å². The van der Waals surface area contributed by atoms with Crippen molar-refractivity contribution in [3.05, 3.63) is 60.8 Å². The third kappa shape index (κ3) is 21.1. The summed E-state index contributed by atoms with van der Waals surface area (Å²) >= 11 is 0. The van der Waals surface area contributed by atoms with E-state index in [2.05, 4.69) is 54.8 Å². The molecule has 0 aliphatic carbocycles. The van der Waals surface area contributed by atoms with Crippen LogP contribution in [0.3, 0.4) is 0 Å². The minimum absolute atomic E-state index is 0.213. The molecule has 48 heavy (non-hydrogen) atoms. The molecule has 0 radical (unpaired) electrons. The van der Waals surface area contributed by atoms with Crippen molar-refractivity contribution in [1.29, 1.82) is 0 Å². The van der Waals surface area contributed by atoms with Crippen LogP contribution in [0.1, 0.15) is 123 Å². The molecule has 0 aromatic carbocycles. The van der Waals surface area contributed by atoms with E-state index in [9.17, 15) is 30.3 Å². The van der Waals surface area contributed by atoms with E-state index in [1.54, 1.807) is 6.08 Å². The zero-order chi connectivity index (χ0) is 35.2. The first-order chi connectivity index (χ1) is 23.3. The summed E-state index contributed by atoms with van der Waals surface area (Å²) in [7, 11) is 0. The molecule has 1 heterocycles. The van der Waals surface area contributed by atoms with Crippen molar-refractivity contribution in [2.24, 2.45) is 0 Å². The van der Waals surface area contributed by atoms with Gasteiger partial charge in [0.1, 0.15) is 24.4 Å². The molecule has 6 N–H and O–H groups in total. The van der Waals surface area contributed by atoms with Crippen molar-refractivity contribution in [3.63, 3.8) is 0 Å². The molecule has 1 rings (SSSR count). The number of aliphatic hydroxyl groups excluding tert-OH is 5. The van der Waals surface area contributed by atoms with Gasteiger partial charge in [0.25, 0.3) is 0 Å². The second-order valence-corrected chi connectivity index (χ2v) is 12.7. The largest absolute Gasteiger partial charge is 0.394 e. The molecular formula is C39H67NO8. The standard InChI is InChI=1S/C39H67NO8/c1-3-5-7-9-11-13-14-15-16-17-18-19-21-23-25-27-29-35(43)40-32(33(42)28-26-24-22-20-12-10-8-6-4-2)31-47-39-38(46)37(45)36(44)34(30-41)48-39/h4,6,12-14,16-17,20,26,28,32-34,36-39,41-42,44-46H,3,5,7-11,15,18-19,21-25,27,29-31H2,1-2H3,(H,40,43)/b6-4+,14-13-,17-16-,20-12+,28-26+. The number of hydrogen-bond donors (Lipinski definition) is 6. The van der Waals surface area contributed by atoms with Crippen LogP contribution in [0.25, 0.3) is 0 Å². The van der Waals surface area contributed by atoms with Crippen molar-refractivity contribution >= 4 is 5.91 Å². The number of ether oxygens (including phenoxy) is 2. The number of unbranched alkanes of at least 4 members (excludes halogenated alkanes) is 11.